The molecule has 0 spiro atoms. The molecule has 0 unspecified atom stereocenters. The fraction of sp³-hybridized carbons (Fsp3) is 0.217. The van der Waals surface area contributed by atoms with E-state index < -0.39 is 0 Å². The second kappa shape index (κ2) is 8.84. The molecule has 0 aliphatic carbocycles. The second-order valence-corrected chi connectivity index (χ2v) is 7.03. The van der Waals surface area contributed by atoms with Crippen LogP contribution in [0.4, 0.5) is 4.39 Å². The van der Waals surface area contributed by atoms with Gasteiger partial charge in [0, 0.05) is 38.4 Å². The summed E-state index contributed by atoms with van der Waals surface area (Å²) in [5.74, 6) is -0.356. The molecule has 148 valence electrons. The molecule has 4 rings (SSSR count). The summed E-state index contributed by atoms with van der Waals surface area (Å²) in [7, 11) is 0. The molecule has 2 aromatic carbocycles. The van der Waals surface area contributed by atoms with Crippen LogP contribution in [-0.4, -0.2) is 58.0 Å². The van der Waals surface area contributed by atoms with Crippen LogP contribution in [0.3, 0.4) is 0 Å². The van der Waals surface area contributed by atoms with Crippen LogP contribution in [0.15, 0.2) is 73.2 Å². The van der Waals surface area contributed by atoms with Crippen molar-refractivity contribution in [1.29, 1.82) is 0 Å². The van der Waals surface area contributed by atoms with Crippen LogP contribution in [0.5, 0.6) is 0 Å². The number of rotatable bonds is 5. The summed E-state index contributed by atoms with van der Waals surface area (Å²) in [6, 6.07) is 16.3. The number of hydrogen-bond donors (Lipinski definition) is 0. The maximum atomic E-state index is 13.2. The molecule has 0 atom stereocenters. The van der Waals surface area contributed by atoms with E-state index in [1.165, 1.54) is 17.7 Å². The summed E-state index contributed by atoms with van der Waals surface area (Å²) in [6.45, 7) is 3.87. The highest BCUT2D eigenvalue weighted by molar-refractivity contribution is 5.93. The van der Waals surface area contributed by atoms with E-state index in [9.17, 15) is 9.18 Å². The monoisotopic (exact) mass is 390 g/mol. The number of nitrogens with zero attached hydrogens (tertiary/aromatic N) is 4. The number of halogens is 1. The average molecular weight is 390 g/mol. The number of piperazine rings is 1. The van der Waals surface area contributed by atoms with Gasteiger partial charge in [0.1, 0.15) is 11.5 Å². The molecule has 5 nitrogen and oxygen atoms in total. The number of carbonyl (C=O) groups excluding carboxylic acids is 1. The van der Waals surface area contributed by atoms with Crippen molar-refractivity contribution < 1.29 is 9.18 Å². The summed E-state index contributed by atoms with van der Waals surface area (Å²) >= 11 is 0. The summed E-state index contributed by atoms with van der Waals surface area (Å²) in [4.78, 5) is 21.3. The number of aromatic nitrogens is 2. The smallest absolute Gasteiger partial charge is 0.272 e. The number of imidazole rings is 1. The van der Waals surface area contributed by atoms with Gasteiger partial charge in [-0.25, -0.2) is 9.37 Å². The lowest BCUT2D eigenvalue weighted by Gasteiger charge is -2.34. The van der Waals surface area contributed by atoms with Gasteiger partial charge < -0.3 is 4.90 Å². The minimum atomic E-state index is -0.306. The Labute approximate surface area is 169 Å². The topological polar surface area (TPSA) is 41.4 Å². The minimum Gasteiger partial charge on any atom is -0.335 e. The first-order chi connectivity index (χ1) is 14.2. The van der Waals surface area contributed by atoms with Crippen LogP contribution >= 0.6 is 0 Å². The minimum absolute atomic E-state index is 0.0497. The highest BCUT2D eigenvalue weighted by Gasteiger charge is 2.24. The molecule has 1 fully saturated rings. The second-order valence-electron chi connectivity index (χ2n) is 7.03. The zero-order chi connectivity index (χ0) is 20.1. The van der Waals surface area contributed by atoms with E-state index in [0.717, 1.165) is 25.3 Å². The van der Waals surface area contributed by atoms with Crippen molar-refractivity contribution in [3.05, 3.63) is 90.3 Å². The zero-order valence-corrected chi connectivity index (χ0v) is 16.1. The molecular weight excluding hydrogens is 367 g/mol. The van der Waals surface area contributed by atoms with Gasteiger partial charge in [0.2, 0.25) is 0 Å². The molecule has 1 amide bonds. The van der Waals surface area contributed by atoms with Gasteiger partial charge in [0.05, 0.1) is 12.5 Å². The first-order valence-corrected chi connectivity index (χ1v) is 9.72. The molecule has 0 saturated carbocycles. The Morgan fingerprint density at radius 3 is 2.45 bits per heavy atom. The number of carbonyl (C=O) groups is 1. The molecule has 29 heavy (non-hydrogen) atoms. The molecule has 6 heteroatoms. The predicted octanol–water partition coefficient (Wildman–Crippen LogP) is 3.48. The third-order valence-corrected chi connectivity index (χ3v) is 5.10. The quantitative estimate of drug-likeness (QED) is 0.670. The van der Waals surface area contributed by atoms with Gasteiger partial charge in [0.15, 0.2) is 0 Å². The average Bonchev–Trinajstić information content (AvgIpc) is 3.25. The van der Waals surface area contributed by atoms with E-state index in [-0.39, 0.29) is 11.7 Å². The van der Waals surface area contributed by atoms with Crippen molar-refractivity contribution >= 4 is 12.0 Å². The molecule has 1 aromatic heterocycles. The summed E-state index contributed by atoms with van der Waals surface area (Å²) in [6.07, 6.45) is 7.45. The zero-order valence-electron chi connectivity index (χ0n) is 16.1. The Kier molecular flexibility index (Phi) is 5.81. The van der Waals surface area contributed by atoms with Gasteiger partial charge in [-0.2, -0.15) is 0 Å². The molecular formula is C23H23FN4O. The van der Waals surface area contributed by atoms with Crippen molar-refractivity contribution in [2.24, 2.45) is 0 Å². The molecule has 2 heterocycles. The molecule has 1 aliphatic heterocycles. The van der Waals surface area contributed by atoms with Crippen LogP contribution in [0.25, 0.3) is 11.8 Å². The standard InChI is InChI=1S/C23H23FN4O/c24-20-8-10-21(11-9-20)28-18-25-17-22(28)23(29)27-15-13-26(14-16-27)12-4-7-19-5-2-1-3-6-19/h1-11,17-18H,12-16H2. The maximum absolute atomic E-state index is 13.2. The van der Waals surface area contributed by atoms with Crippen LogP contribution in [0.1, 0.15) is 16.1 Å². The van der Waals surface area contributed by atoms with Crippen molar-refractivity contribution in [1.82, 2.24) is 19.4 Å². The largest absolute Gasteiger partial charge is 0.335 e. The fourth-order valence-electron chi connectivity index (χ4n) is 3.46. The van der Waals surface area contributed by atoms with Gasteiger partial charge in [-0.1, -0.05) is 42.5 Å². The maximum Gasteiger partial charge on any atom is 0.272 e. The van der Waals surface area contributed by atoms with Crippen molar-refractivity contribution in [2.75, 3.05) is 32.7 Å². The Hall–Kier alpha value is -3.25. The van der Waals surface area contributed by atoms with Crippen LogP contribution < -0.4 is 0 Å². The summed E-state index contributed by atoms with van der Waals surface area (Å²) < 4.78 is 14.9. The molecule has 3 aromatic rings. The highest BCUT2D eigenvalue weighted by atomic mass is 19.1. The van der Waals surface area contributed by atoms with Gasteiger partial charge in [-0.15, -0.1) is 0 Å². The van der Waals surface area contributed by atoms with E-state index in [1.807, 2.05) is 23.1 Å². The lowest BCUT2D eigenvalue weighted by Crippen LogP contribution is -2.48. The molecule has 1 saturated heterocycles. The van der Waals surface area contributed by atoms with Gasteiger partial charge in [0.25, 0.3) is 5.91 Å². The van der Waals surface area contributed by atoms with Crippen LogP contribution in [0.2, 0.25) is 0 Å². The number of amides is 1. The third kappa shape index (κ3) is 4.60. The Balaban J connectivity index is 1.34. The fourth-order valence-corrected chi connectivity index (χ4v) is 3.46. The van der Waals surface area contributed by atoms with Crippen LogP contribution in [0, 0.1) is 5.82 Å². The molecule has 0 N–H and O–H groups in total. The lowest BCUT2D eigenvalue weighted by molar-refractivity contribution is 0.0642. The first-order valence-electron chi connectivity index (χ1n) is 9.72. The van der Waals surface area contributed by atoms with Crippen molar-refractivity contribution in [2.45, 2.75) is 0 Å². The molecule has 0 radical (unpaired) electrons. The molecule has 1 aliphatic rings. The third-order valence-electron chi connectivity index (χ3n) is 5.10. The molecule has 0 bridgehead atoms. The predicted molar refractivity (Wildman–Crippen MR) is 111 cm³/mol. The van der Waals surface area contributed by atoms with E-state index in [4.69, 9.17) is 0 Å². The SMILES string of the molecule is O=C(c1cncn1-c1ccc(F)cc1)N1CCN(CC=Cc2ccccc2)CC1. The van der Waals surface area contributed by atoms with E-state index in [2.05, 4.69) is 34.2 Å². The highest BCUT2D eigenvalue weighted by Crippen LogP contribution is 2.15. The van der Waals surface area contributed by atoms with Gasteiger partial charge in [-0.05, 0) is 29.8 Å². The summed E-state index contributed by atoms with van der Waals surface area (Å²) in [5.41, 5.74) is 2.40. The van der Waals surface area contributed by atoms with E-state index >= 15 is 0 Å². The van der Waals surface area contributed by atoms with Crippen LogP contribution in [-0.2, 0) is 0 Å². The lowest BCUT2D eigenvalue weighted by atomic mass is 10.2. The first kappa shape index (κ1) is 19.1. The normalized spacial score (nSPS) is 15.1. The number of hydrogen-bond acceptors (Lipinski definition) is 3. The Morgan fingerprint density at radius 1 is 1.00 bits per heavy atom. The number of benzene rings is 2. The summed E-state index contributed by atoms with van der Waals surface area (Å²) in [5, 5.41) is 0. The van der Waals surface area contributed by atoms with Gasteiger partial charge in [-0.3, -0.25) is 14.3 Å². The Morgan fingerprint density at radius 2 is 1.72 bits per heavy atom. The Bertz CT molecular complexity index is 974. The van der Waals surface area contributed by atoms with Gasteiger partial charge >= 0.3 is 0 Å². The van der Waals surface area contributed by atoms with E-state index in [1.54, 1.807) is 29.2 Å². The van der Waals surface area contributed by atoms with Crippen molar-refractivity contribution in [3.8, 4) is 5.69 Å². The van der Waals surface area contributed by atoms with Crippen molar-refractivity contribution in [3.63, 3.8) is 0 Å². The van der Waals surface area contributed by atoms with E-state index in [0.29, 0.717) is 18.8 Å².